The molecule has 2 aromatic heterocycles. The second-order valence-corrected chi connectivity index (χ2v) is 8.09. The fourth-order valence-corrected chi connectivity index (χ4v) is 3.89. The number of aromatic amines is 1. The maximum atomic E-state index is 15.0. The number of carbonyl (C=O) groups is 1. The normalized spacial score (nSPS) is 11.9. The summed E-state index contributed by atoms with van der Waals surface area (Å²) < 4.78 is 42.9. The Hall–Kier alpha value is -2.85. The number of nitrogens with one attached hydrogen (secondary N) is 2. The quantitative estimate of drug-likeness (QED) is 0.588. The van der Waals surface area contributed by atoms with Gasteiger partial charge in [-0.3, -0.25) is 9.52 Å². The molecule has 0 atom stereocenters. The third-order valence-electron chi connectivity index (χ3n) is 4.34. The Labute approximate surface area is 162 Å². The van der Waals surface area contributed by atoms with Gasteiger partial charge in [-0.15, -0.1) is 0 Å². The summed E-state index contributed by atoms with van der Waals surface area (Å²) in [5.41, 5.74) is 0.724. The zero-order chi connectivity index (χ0) is 20.5. The molecule has 3 aromatic rings. The summed E-state index contributed by atoms with van der Waals surface area (Å²) in [7, 11) is -2.53. The topological polar surface area (TPSA) is 108 Å². The van der Waals surface area contributed by atoms with Crippen LogP contribution in [0.5, 0.6) is 0 Å². The monoisotopic (exact) mass is 405 g/mol. The molecule has 0 aliphatic heterocycles. The summed E-state index contributed by atoms with van der Waals surface area (Å²) >= 11 is 0. The van der Waals surface area contributed by atoms with Crippen molar-refractivity contribution < 1.29 is 17.6 Å². The minimum Gasteiger partial charge on any atom is -0.345 e. The molecule has 1 aromatic carbocycles. The smallest absolute Gasteiger partial charge is 0.301 e. The van der Waals surface area contributed by atoms with E-state index >= 15 is 0 Å². The minimum atomic E-state index is -3.93. The van der Waals surface area contributed by atoms with Gasteiger partial charge in [-0.2, -0.15) is 12.7 Å². The zero-order valence-electron chi connectivity index (χ0n) is 15.7. The summed E-state index contributed by atoms with van der Waals surface area (Å²) in [5.74, 6) is -1.53. The van der Waals surface area contributed by atoms with Crippen molar-refractivity contribution >= 4 is 32.7 Å². The number of aromatic nitrogens is 3. The van der Waals surface area contributed by atoms with Crippen molar-refractivity contribution in [1.29, 1.82) is 0 Å². The van der Waals surface area contributed by atoms with E-state index in [1.54, 1.807) is 6.92 Å². The van der Waals surface area contributed by atoms with Gasteiger partial charge in [-0.25, -0.2) is 14.4 Å². The molecule has 0 radical (unpaired) electrons. The molecule has 0 aliphatic rings. The predicted molar refractivity (Wildman–Crippen MR) is 104 cm³/mol. The van der Waals surface area contributed by atoms with Gasteiger partial charge < -0.3 is 4.98 Å². The Kier molecular flexibility index (Phi) is 5.43. The van der Waals surface area contributed by atoms with Gasteiger partial charge in [0, 0.05) is 19.8 Å². The summed E-state index contributed by atoms with van der Waals surface area (Å²) in [6, 6.07) is 4.00. The number of benzene rings is 1. The Morgan fingerprint density at radius 2 is 2.04 bits per heavy atom. The van der Waals surface area contributed by atoms with Crippen molar-refractivity contribution in [2.24, 2.45) is 0 Å². The molecule has 0 fully saturated rings. The number of nitrogens with zero attached hydrogens (tertiary/aromatic N) is 3. The summed E-state index contributed by atoms with van der Waals surface area (Å²) in [6.45, 7) is 3.84. The Morgan fingerprint density at radius 1 is 1.29 bits per heavy atom. The van der Waals surface area contributed by atoms with Crippen molar-refractivity contribution in [1.82, 2.24) is 19.3 Å². The van der Waals surface area contributed by atoms with Crippen molar-refractivity contribution in [3.8, 4) is 0 Å². The molecule has 8 nitrogen and oxygen atoms in total. The first-order valence-electron chi connectivity index (χ1n) is 8.62. The van der Waals surface area contributed by atoms with Crippen LogP contribution in [0.15, 0.2) is 30.7 Å². The number of halogens is 1. The van der Waals surface area contributed by atoms with Crippen LogP contribution in [-0.4, -0.2) is 47.1 Å². The van der Waals surface area contributed by atoms with Gasteiger partial charge in [0.25, 0.3) is 0 Å². The number of rotatable bonds is 7. The van der Waals surface area contributed by atoms with Gasteiger partial charge in [-0.05, 0) is 25.5 Å². The highest BCUT2D eigenvalue weighted by Crippen LogP contribution is 2.26. The SMILES string of the molecule is CCCN(C)S(=O)(=O)Nc1cccc(C(=O)c2c[nH]c3ncnc(C)c23)c1F. The molecule has 0 aliphatic carbocycles. The number of ketones is 1. The molecule has 0 amide bonds. The zero-order valence-corrected chi connectivity index (χ0v) is 16.5. The van der Waals surface area contributed by atoms with Crippen LogP contribution < -0.4 is 4.72 Å². The average Bonchev–Trinajstić information content (AvgIpc) is 3.08. The first-order chi connectivity index (χ1) is 13.3. The molecule has 0 saturated heterocycles. The first kappa shape index (κ1) is 19.9. The maximum Gasteiger partial charge on any atom is 0.301 e. The fraction of sp³-hybridized carbons (Fsp3) is 0.278. The Balaban J connectivity index is 2.00. The average molecular weight is 405 g/mol. The second-order valence-electron chi connectivity index (χ2n) is 6.31. The lowest BCUT2D eigenvalue weighted by Gasteiger charge is -2.18. The number of anilines is 1. The molecule has 3 rings (SSSR count). The molecule has 0 spiro atoms. The number of fused-ring (bicyclic) bond motifs is 1. The van der Waals surface area contributed by atoms with Crippen LogP contribution in [0.4, 0.5) is 10.1 Å². The van der Waals surface area contributed by atoms with Crippen LogP contribution in [0.2, 0.25) is 0 Å². The van der Waals surface area contributed by atoms with E-state index < -0.39 is 21.8 Å². The molecular formula is C18H20FN5O3S. The summed E-state index contributed by atoms with van der Waals surface area (Å²) in [5, 5.41) is 0.501. The van der Waals surface area contributed by atoms with Crippen LogP contribution in [0.1, 0.15) is 35.0 Å². The van der Waals surface area contributed by atoms with E-state index in [2.05, 4.69) is 19.7 Å². The van der Waals surface area contributed by atoms with E-state index in [0.29, 0.717) is 23.1 Å². The third-order valence-corrected chi connectivity index (χ3v) is 5.82. The van der Waals surface area contributed by atoms with E-state index in [-0.39, 0.29) is 23.4 Å². The van der Waals surface area contributed by atoms with Crippen LogP contribution in [0.25, 0.3) is 11.0 Å². The van der Waals surface area contributed by atoms with Crippen LogP contribution >= 0.6 is 0 Å². The molecule has 148 valence electrons. The van der Waals surface area contributed by atoms with Gasteiger partial charge in [0.15, 0.2) is 11.6 Å². The number of hydrogen-bond donors (Lipinski definition) is 2. The number of aryl methyl sites for hydroxylation is 1. The molecular weight excluding hydrogens is 385 g/mol. The molecule has 0 saturated carbocycles. The van der Waals surface area contributed by atoms with E-state index in [9.17, 15) is 17.6 Å². The first-order valence-corrected chi connectivity index (χ1v) is 10.1. The largest absolute Gasteiger partial charge is 0.345 e. The van der Waals surface area contributed by atoms with Crippen molar-refractivity contribution in [2.75, 3.05) is 18.3 Å². The maximum absolute atomic E-state index is 15.0. The number of H-pyrrole nitrogens is 1. The lowest BCUT2D eigenvalue weighted by atomic mass is 10.0. The summed E-state index contributed by atoms with van der Waals surface area (Å²) in [4.78, 5) is 23.9. The molecule has 10 heteroatoms. The van der Waals surface area contributed by atoms with Crippen molar-refractivity contribution in [3.63, 3.8) is 0 Å². The molecule has 2 heterocycles. The van der Waals surface area contributed by atoms with E-state index in [1.165, 1.54) is 37.8 Å². The van der Waals surface area contributed by atoms with Gasteiger partial charge in [-0.1, -0.05) is 13.0 Å². The minimum absolute atomic E-state index is 0.218. The van der Waals surface area contributed by atoms with E-state index in [4.69, 9.17) is 0 Å². The molecule has 0 bridgehead atoms. The Bertz CT molecular complexity index is 1140. The standard InChI is InChI=1S/C18H20FN5O3S/c1-4-8-24(3)28(26,27)23-14-7-5-6-12(16(14)19)17(25)13-9-20-18-15(13)11(2)21-10-22-18/h5-7,9-10,23H,4,8H2,1-3H3,(H,20,21,22). The van der Waals surface area contributed by atoms with Crippen LogP contribution in [0, 0.1) is 12.7 Å². The fourth-order valence-electron chi connectivity index (χ4n) is 2.88. The van der Waals surface area contributed by atoms with Gasteiger partial charge in [0.05, 0.1) is 27.9 Å². The highest BCUT2D eigenvalue weighted by atomic mass is 32.2. The van der Waals surface area contributed by atoms with Gasteiger partial charge >= 0.3 is 10.2 Å². The molecule has 2 N–H and O–H groups in total. The summed E-state index contributed by atoms with van der Waals surface area (Å²) in [6.07, 6.45) is 3.42. The molecule has 0 unspecified atom stereocenters. The molecule has 28 heavy (non-hydrogen) atoms. The number of carbonyl (C=O) groups excluding carboxylic acids is 1. The third kappa shape index (κ3) is 3.60. The Morgan fingerprint density at radius 3 is 2.75 bits per heavy atom. The van der Waals surface area contributed by atoms with Gasteiger partial charge in [0.1, 0.15) is 12.0 Å². The van der Waals surface area contributed by atoms with Crippen molar-refractivity contribution in [3.05, 3.63) is 53.4 Å². The number of hydrogen-bond acceptors (Lipinski definition) is 5. The van der Waals surface area contributed by atoms with Crippen LogP contribution in [0.3, 0.4) is 0 Å². The van der Waals surface area contributed by atoms with E-state index in [0.717, 1.165) is 4.31 Å². The van der Waals surface area contributed by atoms with Gasteiger partial charge in [0.2, 0.25) is 0 Å². The van der Waals surface area contributed by atoms with Crippen LogP contribution in [-0.2, 0) is 10.2 Å². The predicted octanol–water partition coefficient (Wildman–Crippen LogP) is 2.63. The van der Waals surface area contributed by atoms with Crippen molar-refractivity contribution in [2.45, 2.75) is 20.3 Å². The second kappa shape index (κ2) is 7.64. The highest BCUT2D eigenvalue weighted by Gasteiger charge is 2.24. The highest BCUT2D eigenvalue weighted by molar-refractivity contribution is 7.90. The lowest BCUT2D eigenvalue weighted by Crippen LogP contribution is -2.33. The lowest BCUT2D eigenvalue weighted by molar-refractivity contribution is 0.103. The van der Waals surface area contributed by atoms with E-state index in [1.807, 2.05) is 6.92 Å².